The van der Waals surface area contributed by atoms with Crippen molar-refractivity contribution in [2.45, 2.75) is 38.0 Å². The quantitative estimate of drug-likeness (QED) is 0.642. The fourth-order valence-corrected chi connectivity index (χ4v) is 1.69. The fraction of sp³-hybridized carbons (Fsp3) is 0.667. The van der Waals surface area contributed by atoms with Gasteiger partial charge in [0.1, 0.15) is 0 Å². The van der Waals surface area contributed by atoms with Gasteiger partial charge < -0.3 is 5.43 Å². The standard InChI is InChI=1S/C9H13F3N4/c10-9(11,12)8-15-13-7(14-16-8)6-4-2-1-3-5-6/h4,8,15-16H,1-3,5H2,(H,13,14). The second-order valence-electron chi connectivity index (χ2n) is 3.81. The van der Waals surface area contributed by atoms with Crippen LogP contribution in [0.15, 0.2) is 16.8 Å². The van der Waals surface area contributed by atoms with Crippen molar-refractivity contribution < 1.29 is 13.2 Å². The van der Waals surface area contributed by atoms with Crippen LogP contribution in [-0.4, -0.2) is 18.2 Å². The molecule has 0 amide bonds. The smallest absolute Gasteiger partial charge is 0.302 e. The lowest BCUT2D eigenvalue weighted by Gasteiger charge is -2.28. The maximum absolute atomic E-state index is 12.3. The molecule has 1 unspecified atom stereocenters. The van der Waals surface area contributed by atoms with E-state index in [-0.39, 0.29) is 0 Å². The first-order valence-corrected chi connectivity index (χ1v) is 5.18. The highest BCUT2D eigenvalue weighted by atomic mass is 19.4. The Labute approximate surface area is 90.9 Å². The predicted octanol–water partition coefficient (Wildman–Crippen LogP) is 1.39. The van der Waals surface area contributed by atoms with Crippen LogP contribution in [0.5, 0.6) is 0 Å². The summed E-state index contributed by atoms with van der Waals surface area (Å²) in [5.74, 6) is 0.459. The van der Waals surface area contributed by atoms with E-state index in [2.05, 4.69) is 21.4 Å². The monoisotopic (exact) mass is 234 g/mol. The van der Waals surface area contributed by atoms with Gasteiger partial charge in [-0.15, -0.1) is 0 Å². The zero-order valence-corrected chi connectivity index (χ0v) is 8.56. The molecule has 90 valence electrons. The summed E-state index contributed by atoms with van der Waals surface area (Å²) in [6.07, 6.45) is -0.196. The van der Waals surface area contributed by atoms with Crippen molar-refractivity contribution in [1.29, 1.82) is 0 Å². The first-order chi connectivity index (χ1) is 7.57. The minimum atomic E-state index is -4.36. The molecule has 0 saturated carbocycles. The van der Waals surface area contributed by atoms with Crippen LogP contribution in [0.3, 0.4) is 0 Å². The van der Waals surface area contributed by atoms with Gasteiger partial charge in [0.2, 0.25) is 6.17 Å². The van der Waals surface area contributed by atoms with E-state index in [1.807, 2.05) is 6.08 Å². The fourth-order valence-electron chi connectivity index (χ4n) is 1.69. The van der Waals surface area contributed by atoms with Gasteiger partial charge in [0.05, 0.1) is 0 Å². The van der Waals surface area contributed by atoms with Gasteiger partial charge in [-0.1, -0.05) is 6.08 Å². The van der Waals surface area contributed by atoms with E-state index < -0.39 is 12.3 Å². The zero-order valence-electron chi connectivity index (χ0n) is 8.56. The zero-order chi connectivity index (χ0) is 11.6. The minimum absolute atomic E-state index is 0.459. The number of hydrazone groups is 1. The van der Waals surface area contributed by atoms with E-state index in [4.69, 9.17) is 0 Å². The molecule has 0 bridgehead atoms. The lowest BCUT2D eigenvalue weighted by Crippen LogP contribution is -2.61. The van der Waals surface area contributed by atoms with Crippen LogP contribution in [0.25, 0.3) is 0 Å². The Kier molecular flexibility index (Phi) is 3.04. The van der Waals surface area contributed by atoms with Crippen molar-refractivity contribution in [3.63, 3.8) is 0 Å². The largest absolute Gasteiger partial charge is 0.425 e. The molecule has 4 nitrogen and oxygen atoms in total. The number of hydrogen-bond acceptors (Lipinski definition) is 4. The normalized spacial score (nSPS) is 26.3. The third kappa shape index (κ3) is 2.46. The van der Waals surface area contributed by atoms with Crippen molar-refractivity contribution in [2.75, 3.05) is 0 Å². The molecule has 0 aromatic rings. The molecule has 0 aromatic carbocycles. The average Bonchev–Trinajstić information content (AvgIpc) is 2.29. The molecule has 0 spiro atoms. The number of hydrazine groups is 1. The molecule has 16 heavy (non-hydrogen) atoms. The summed E-state index contributed by atoms with van der Waals surface area (Å²) in [7, 11) is 0. The van der Waals surface area contributed by atoms with Gasteiger partial charge in [0, 0.05) is 0 Å². The van der Waals surface area contributed by atoms with Crippen LogP contribution >= 0.6 is 0 Å². The van der Waals surface area contributed by atoms with Gasteiger partial charge in [-0.05, 0) is 31.3 Å². The molecule has 3 N–H and O–H groups in total. The molecule has 0 saturated heterocycles. The van der Waals surface area contributed by atoms with Crippen LogP contribution in [0.4, 0.5) is 13.2 Å². The van der Waals surface area contributed by atoms with Crippen LogP contribution in [-0.2, 0) is 0 Å². The molecule has 1 atom stereocenters. The van der Waals surface area contributed by atoms with Crippen molar-refractivity contribution >= 4 is 5.84 Å². The third-order valence-electron chi connectivity index (χ3n) is 2.56. The lowest BCUT2D eigenvalue weighted by atomic mass is 9.99. The number of hydrogen-bond donors (Lipinski definition) is 3. The number of amidine groups is 1. The van der Waals surface area contributed by atoms with Gasteiger partial charge in [-0.3, -0.25) is 5.43 Å². The summed E-state index contributed by atoms with van der Waals surface area (Å²) in [6, 6.07) is 0. The molecule has 2 rings (SSSR count). The number of alkyl halides is 3. The van der Waals surface area contributed by atoms with E-state index in [0.717, 1.165) is 31.3 Å². The number of halogens is 3. The van der Waals surface area contributed by atoms with Gasteiger partial charge in [0.25, 0.3) is 0 Å². The lowest BCUT2D eigenvalue weighted by molar-refractivity contribution is -0.166. The maximum Gasteiger partial charge on any atom is 0.425 e. The minimum Gasteiger partial charge on any atom is -0.302 e. The van der Waals surface area contributed by atoms with E-state index in [1.54, 1.807) is 0 Å². The number of rotatable bonds is 1. The van der Waals surface area contributed by atoms with E-state index >= 15 is 0 Å². The summed E-state index contributed by atoms with van der Waals surface area (Å²) in [5.41, 5.74) is 7.66. The number of nitrogens with one attached hydrogen (secondary N) is 3. The molecular weight excluding hydrogens is 221 g/mol. The highest BCUT2D eigenvalue weighted by molar-refractivity contribution is 5.98. The highest BCUT2D eigenvalue weighted by Gasteiger charge is 2.41. The van der Waals surface area contributed by atoms with Crippen LogP contribution in [0.2, 0.25) is 0 Å². The SMILES string of the molecule is FC(F)(F)C1NN=C(C2=CCCCC2)NN1. The van der Waals surface area contributed by atoms with Crippen molar-refractivity contribution in [1.82, 2.24) is 16.3 Å². The molecule has 1 aliphatic heterocycles. The third-order valence-corrected chi connectivity index (χ3v) is 2.56. The van der Waals surface area contributed by atoms with Gasteiger partial charge in [0.15, 0.2) is 5.84 Å². The Hall–Kier alpha value is -1.24. The first-order valence-electron chi connectivity index (χ1n) is 5.18. The molecule has 0 fully saturated rings. The van der Waals surface area contributed by atoms with Gasteiger partial charge in [-0.2, -0.15) is 18.3 Å². The Balaban J connectivity index is 2.00. The summed E-state index contributed by atoms with van der Waals surface area (Å²) in [6.45, 7) is 0. The summed E-state index contributed by atoms with van der Waals surface area (Å²) in [5, 5.41) is 3.71. The topological polar surface area (TPSA) is 48.5 Å². The molecule has 1 aliphatic carbocycles. The summed E-state index contributed by atoms with van der Waals surface area (Å²) in [4.78, 5) is 0. The number of nitrogens with zero attached hydrogens (tertiary/aromatic N) is 1. The molecule has 1 heterocycles. The first kappa shape index (κ1) is 11.3. The van der Waals surface area contributed by atoms with Crippen LogP contribution in [0, 0.1) is 0 Å². The highest BCUT2D eigenvalue weighted by Crippen LogP contribution is 2.21. The van der Waals surface area contributed by atoms with E-state index in [1.165, 1.54) is 0 Å². The second-order valence-corrected chi connectivity index (χ2v) is 3.81. The Bertz CT molecular complexity index is 321. The van der Waals surface area contributed by atoms with Crippen molar-refractivity contribution in [3.05, 3.63) is 11.6 Å². The van der Waals surface area contributed by atoms with E-state index in [9.17, 15) is 13.2 Å². The van der Waals surface area contributed by atoms with Gasteiger partial charge >= 0.3 is 6.18 Å². The van der Waals surface area contributed by atoms with E-state index in [0.29, 0.717) is 5.84 Å². The molecule has 2 aliphatic rings. The van der Waals surface area contributed by atoms with Crippen molar-refractivity contribution in [2.24, 2.45) is 5.10 Å². The molecular formula is C9H13F3N4. The predicted molar refractivity (Wildman–Crippen MR) is 53.2 cm³/mol. The number of allylic oxidation sites excluding steroid dienone is 1. The Morgan fingerprint density at radius 2 is 2.12 bits per heavy atom. The van der Waals surface area contributed by atoms with Gasteiger partial charge in [-0.25, -0.2) is 5.43 Å². The van der Waals surface area contributed by atoms with Crippen molar-refractivity contribution in [3.8, 4) is 0 Å². The van der Waals surface area contributed by atoms with Crippen LogP contribution in [0.1, 0.15) is 25.7 Å². The maximum atomic E-state index is 12.3. The molecule has 0 radical (unpaired) electrons. The average molecular weight is 234 g/mol. The molecule has 7 heteroatoms. The summed E-state index contributed by atoms with van der Waals surface area (Å²) < 4.78 is 36.8. The Morgan fingerprint density at radius 1 is 1.31 bits per heavy atom. The summed E-state index contributed by atoms with van der Waals surface area (Å²) >= 11 is 0. The second kappa shape index (κ2) is 4.32. The Morgan fingerprint density at radius 3 is 2.62 bits per heavy atom. The van der Waals surface area contributed by atoms with Crippen LogP contribution < -0.4 is 16.3 Å². The molecule has 0 aromatic heterocycles.